The number of nitrogens with two attached hydrogens (primary N) is 1. The molecule has 0 bridgehead atoms. The minimum atomic E-state index is 0.769. The molecule has 1 saturated heterocycles. The Morgan fingerprint density at radius 2 is 1.25 bits per heavy atom. The first kappa shape index (κ1) is 12.7. The highest BCUT2D eigenvalue weighted by Crippen LogP contribution is 2.22. The van der Waals surface area contributed by atoms with E-state index in [1.165, 1.54) is 31.6 Å². The molecule has 0 atom stereocenters. The van der Waals surface area contributed by atoms with E-state index in [1.54, 1.807) is 0 Å². The summed E-state index contributed by atoms with van der Waals surface area (Å²) in [6.07, 6.45) is 2.61. The minimum Gasteiger partial charge on any atom is -0.399 e. The molecule has 4 N–H and O–H groups in total. The summed E-state index contributed by atoms with van der Waals surface area (Å²) >= 11 is 0. The molecule has 104 valence electrons. The maximum absolute atomic E-state index is 5.66. The highest BCUT2D eigenvalue weighted by atomic mass is 15.4. The summed E-state index contributed by atoms with van der Waals surface area (Å²) in [6.45, 7) is 2.35. The van der Waals surface area contributed by atoms with E-state index in [-0.39, 0.29) is 0 Å². The zero-order valence-electron chi connectivity index (χ0n) is 11.5. The van der Waals surface area contributed by atoms with Crippen LogP contribution >= 0.6 is 0 Å². The first-order valence-electron chi connectivity index (χ1n) is 7.04. The number of hydrogen-bond acceptors (Lipinski definition) is 4. The molecule has 0 spiro atoms. The molecule has 0 radical (unpaired) electrons. The lowest BCUT2D eigenvalue weighted by molar-refractivity contribution is 0.949. The number of nitrogen functional groups attached to an aromatic ring is 1. The van der Waals surface area contributed by atoms with Crippen LogP contribution in [-0.2, 0) is 0 Å². The molecule has 0 aromatic heterocycles. The van der Waals surface area contributed by atoms with Gasteiger partial charge in [-0.15, -0.1) is 0 Å². The standard InChI is InChI=1S/C16H20N4/c17-13-3-5-14(6-4-13)18-19-15-7-9-16(10-8-15)20-11-1-2-12-20/h3-10,18-19H,1-2,11-12,17H2. The number of nitrogens with one attached hydrogen (secondary N) is 2. The van der Waals surface area contributed by atoms with Gasteiger partial charge in [0.1, 0.15) is 0 Å². The van der Waals surface area contributed by atoms with Crippen LogP contribution in [0, 0.1) is 0 Å². The quantitative estimate of drug-likeness (QED) is 0.588. The highest BCUT2D eigenvalue weighted by molar-refractivity contribution is 5.59. The average molecular weight is 268 g/mol. The third-order valence-electron chi connectivity index (χ3n) is 3.60. The summed E-state index contributed by atoms with van der Waals surface area (Å²) in [5, 5.41) is 0. The van der Waals surface area contributed by atoms with Gasteiger partial charge in [0.05, 0.1) is 11.4 Å². The summed E-state index contributed by atoms with van der Waals surface area (Å²) < 4.78 is 0. The Hall–Kier alpha value is -2.36. The molecule has 4 heteroatoms. The van der Waals surface area contributed by atoms with Crippen molar-refractivity contribution in [3.05, 3.63) is 48.5 Å². The molecule has 2 aromatic carbocycles. The second-order valence-corrected chi connectivity index (χ2v) is 5.11. The van der Waals surface area contributed by atoms with Crippen LogP contribution < -0.4 is 21.5 Å². The SMILES string of the molecule is Nc1ccc(NNc2ccc(N3CCCC3)cc2)cc1. The topological polar surface area (TPSA) is 53.3 Å². The smallest absolute Gasteiger partial charge is 0.0541 e. The van der Waals surface area contributed by atoms with E-state index < -0.39 is 0 Å². The van der Waals surface area contributed by atoms with Gasteiger partial charge in [-0.05, 0) is 61.4 Å². The van der Waals surface area contributed by atoms with Gasteiger partial charge in [0, 0.05) is 24.5 Å². The van der Waals surface area contributed by atoms with Gasteiger partial charge >= 0.3 is 0 Å². The van der Waals surface area contributed by atoms with E-state index in [0.717, 1.165) is 17.1 Å². The van der Waals surface area contributed by atoms with Crippen LogP contribution in [0.25, 0.3) is 0 Å². The number of rotatable bonds is 4. The molecule has 2 aromatic rings. The number of nitrogens with zero attached hydrogens (tertiary/aromatic N) is 1. The fraction of sp³-hybridized carbons (Fsp3) is 0.250. The maximum Gasteiger partial charge on any atom is 0.0541 e. The molecule has 0 aliphatic carbocycles. The van der Waals surface area contributed by atoms with Gasteiger partial charge in [0.15, 0.2) is 0 Å². The molecule has 3 rings (SSSR count). The van der Waals surface area contributed by atoms with Crippen molar-refractivity contribution >= 4 is 22.7 Å². The third-order valence-corrected chi connectivity index (χ3v) is 3.60. The largest absolute Gasteiger partial charge is 0.399 e. The van der Waals surface area contributed by atoms with Crippen molar-refractivity contribution in [2.75, 3.05) is 34.6 Å². The molecule has 0 amide bonds. The Morgan fingerprint density at radius 1 is 0.750 bits per heavy atom. The molecule has 4 nitrogen and oxygen atoms in total. The van der Waals surface area contributed by atoms with Crippen LogP contribution in [0.3, 0.4) is 0 Å². The van der Waals surface area contributed by atoms with Crippen molar-refractivity contribution in [3.63, 3.8) is 0 Å². The normalized spacial score (nSPS) is 14.3. The van der Waals surface area contributed by atoms with E-state index in [1.807, 2.05) is 24.3 Å². The first-order chi connectivity index (χ1) is 9.81. The Balaban J connectivity index is 1.59. The molecule has 1 aliphatic heterocycles. The van der Waals surface area contributed by atoms with E-state index in [4.69, 9.17) is 5.73 Å². The Morgan fingerprint density at radius 3 is 1.80 bits per heavy atom. The summed E-state index contributed by atoms with van der Waals surface area (Å²) in [4.78, 5) is 2.43. The lowest BCUT2D eigenvalue weighted by Crippen LogP contribution is -2.17. The van der Waals surface area contributed by atoms with E-state index in [0.29, 0.717) is 0 Å². The number of benzene rings is 2. The van der Waals surface area contributed by atoms with E-state index >= 15 is 0 Å². The van der Waals surface area contributed by atoms with Gasteiger partial charge in [0.25, 0.3) is 0 Å². The fourth-order valence-corrected chi connectivity index (χ4v) is 2.44. The third kappa shape index (κ3) is 2.96. The van der Waals surface area contributed by atoms with Gasteiger partial charge in [0.2, 0.25) is 0 Å². The van der Waals surface area contributed by atoms with Crippen molar-refractivity contribution in [3.8, 4) is 0 Å². The van der Waals surface area contributed by atoms with Crippen LogP contribution in [-0.4, -0.2) is 13.1 Å². The summed E-state index contributed by atoms with van der Waals surface area (Å²) in [7, 11) is 0. The first-order valence-corrected chi connectivity index (χ1v) is 7.04. The fourth-order valence-electron chi connectivity index (χ4n) is 2.44. The van der Waals surface area contributed by atoms with Crippen molar-refractivity contribution in [1.82, 2.24) is 0 Å². The Labute approximate surface area is 119 Å². The van der Waals surface area contributed by atoms with Crippen molar-refractivity contribution in [2.45, 2.75) is 12.8 Å². The molecule has 1 heterocycles. The van der Waals surface area contributed by atoms with Crippen molar-refractivity contribution in [1.29, 1.82) is 0 Å². The van der Waals surface area contributed by atoms with Gasteiger partial charge in [-0.2, -0.15) is 0 Å². The molecule has 0 saturated carbocycles. The summed E-state index contributed by atoms with van der Waals surface area (Å²) in [5.74, 6) is 0. The van der Waals surface area contributed by atoms with Crippen LogP contribution in [0.4, 0.5) is 22.7 Å². The van der Waals surface area contributed by atoms with Crippen LogP contribution in [0.5, 0.6) is 0 Å². The van der Waals surface area contributed by atoms with Crippen LogP contribution in [0.15, 0.2) is 48.5 Å². The molecule has 1 fully saturated rings. The van der Waals surface area contributed by atoms with E-state index in [2.05, 4.69) is 40.0 Å². The summed E-state index contributed by atoms with van der Waals surface area (Å²) in [5.41, 5.74) is 16.1. The van der Waals surface area contributed by atoms with Gasteiger partial charge in [-0.25, -0.2) is 0 Å². The van der Waals surface area contributed by atoms with E-state index in [9.17, 15) is 0 Å². The lowest BCUT2D eigenvalue weighted by atomic mass is 10.2. The van der Waals surface area contributed by atoms with Gasteiger partial charge < -0.3 is 21.5 Å². The Kier molecular flexibility index (Phi) is 3.63. The second kappa shape index (κ2) is 5.74. The summed E-state index contributed by atoms with van der Waals surface area (Å²) in [6, 6.07) is 16.2. The van der Waals surface area contributed by atoms with Gasteiger partial charge in [-0.3, -0.25) is 0 Å². The molecule has 0 unspecified atom stereocenters. The molecular weight excluding hydrogens is 248 g/mol. The second-order valence-electron chi connectivity index (χ2n) is 5.11. The minimum absolute atomic E-state index is 0.769. The van der Waals surface area contributed by atoms with Crippen LogP contribution in [0.1, 0.15) is 12.8 Å². The monoisotopic (exact) mass is 268 g/mol. The van der Waals surface area contributed by atoms with Crippen molar-refractivity contribution in [2.24, 2.45) is 0 Å². The lowest BCUT2D eigenvalue weighted by Gasteiger charge is -2.18. The average Bonchev–Trinajstić information content (AvgIpc) is 3.01. The maximum atomic E-state index is 5.66. The molecule has 1 aliphatic rings. The van der Waals surface area contributed by atoms with Crippen LogP contribution in [0.2, 0.25) is 0 Å². The predicted molar refractivity (Wildman–Crippen MR) is 86.0 cm³/mol. The molecular formula is C16H20N4. The number of hydrogen-bond donors (Lipinski definition) is 3. The number of anilines is 4. The Bertz CT molecular complexity index is 542. The van der Waals surface area contributed by atoms with Crippen molar-refractivity contribution < 1.29 is 0 Å². The predicted octanol–water partition coefficient (Wildman–Crippen LogP) is 3.31. The zero-order chi connectivity index (χ0) is 13.8. The molecule has 20 heavy (non-hydrogen) atoms. The highest BCUT2D eigenvalue weighted by Gasteiger charge is 2.11. The zero-order valence-corrected chi connectivity index (χ0v) is 11.5. The number of hydrazine groups is 1. The van der Waals surface area contributed by atoms with Gasteiger partial charge in [-0.1, -0.05) is 0 Å².